The third-order valence-corrected chi connectivity index (χ3v) is 2.48. The quantitative estimate of drug-likeness (QED) is 0.724. The molecule has 3 aromatic rings. The summed E-state index contributed by atoms with van der Waals surface area (Å²) < 4.78 is 0. The SMILES string of the molecule is c1ccc(Nc2ncnc3cnccc23)cc1. The molecule has 4 heteroatoms. The molecule has 1 aromatic carbocycles. The van der Waals surface area contributed by atoms with Gasteiger partial charge in [-0.25, -0.2) is 9.97 Å². The molecule has 0 aliphatic carbocycles. The van der Waals surface area contributed by atoms with Gasteiger partial charge in [-0.1, -0.05) is 18.2 Å². The molecule has 0 saturated carbocycles. The lowest BCUT2D eigenvalue weighted by Crippen LogP contribution is -1.95. The number of para-hydroxylation sites is 1. The van der Waals surface area contributed by atoms with Gasteiger partial charge in [-0.05, 0) is 18.2 Å². The van der Waals surface area contributed by atoms with E-state index in [4.69, 9.17) is 0 Å². The zero-order chi connectivity index (χ0) is 11.5. The van der Waals surface area contributed by atoms with E-state index in [1.165, 1.54) is 6.33 Å². The van der Waals surface area contributed by atoms with Gasteiger partial charge in [0.1, 0.15) is 12.1 Å². The molecule has 0 radical (unpaired) electrons. The van der Waals surface area contributed by atoms with Crippen LogP contribution in [0.1, 0.15) is 0 Å². The topological polar surface area (TPSA) is 50.7 Å². The van der Waals surface area contributed by atoms with Crippen LogP contribution in [0.25, 0.3) is 10.9 Å². The van der Waals surface area contributed by atoms with Gasteiger partial charge in [-0.2, -0.15) is 0 Å². The Labute approximate surface area is 98.4 Å². The Morgan fingerprint density at radius 3 is 2.71 bits per heavy atom. The summed E-state index contributed by atoms with van der Waals surface area (Å²) in [4.78, 5) is 12.5. The second kappa shape index (κ2) is 4.17. The fourth-order valence-electron chi connectivity index (χ4n) is 1.67. The average Bonchev–Trinajstić information content (AvgIpc) is 2.40. The van der Waals surface area contributed by atoms with Crippen LogP contribution in [0.4, 0.5) is 11.5 Å². The lowest BCUT2D eigenvalue weighted by molar-refractivity contribution is 1.20. The Balaban J connectivity index is 2.06. The largest absolute Gasteiger partial charge is 0.340 e. The molecule has 4 nitrogen and oxygen atoms in total. The van der Waals surface area contributed by atoms with Crippen LogP contribution < -0.4 is 5.32 Å². The molecule has 0 unspecified atom stereocenters. The second-order valence-corrected chi connectivity index (χ2v) is 3.61. The molecule has 0 aliphatic heterocycles. The van der Waals surface area contributed by atoms with Crippen LogP contribution in [-0.2, 0) is 0 Å². The number of nitrogens with one attached hydrogen (secondary N) is 1. The summed E-state index contributed by atoms with van der Waals surface area (Å²) >= 11 is 0. The van der Waals surface area contributed by atoms with E-state index in [0.717, 1.165) is 22.4 Å². The van der Waals surface area contributed by atoms with E-state index < -0.39 is 0 Å². The number of rotatable bonds is 2. The fraction of sp³-hybridized carbons (Fsp3) is 0. The number of aromatic nitrogens is 3. The highest BCUT2D eigenvalue weighted by atomic mass is 15.0. The van der Waals surface area contributed by atoms with Crippen molar-refractivity contribution in [1.29, 1.82) is 0 Å². The Bertz CT molecular complexity index is 632. The van der Waals surface area contributed by atoms with Gasteiger partial charge in [-0.3, -0.25) is 4.98 Å². The van der Waals surface area contributed by atoms with Crippen LogP contribution in [-0.4, -0.2) is 15.0 Å². The van der Waals surface area contributed by atoms with E-state index in [1.54, 1.807) is 12.4 Å². The molecule has 0 saturated heterocycles. The highest BCUT2D eigenvalue weighted by molar-refractivity contribution is 5.89. The molecule has 0 aliphatic rings. The molecule has 82 valence electrons. The molecule has 17 heavy (non-hydrogen) atoms. The first-order valence-electron chi connectivity index (χ1n) is 5.30. The average molecular weight is 222 g/mol. The van der Waals surface area contributed by atoms with Gasteiger partial charge in [-0.15, -0.1) is 0 Å². The fourth-order valence-corrected chi connectivity index (χ4v) is 1.67. The Morgan fingerprint density at radius 1 is 0.941 bits per heavy atom. The highest BCUT2D eigenvalue weighted by Gasteiger charge is 2.02. The van der Waals surface area contributed by atoms with Crippen molar-refractivity contribution in [3.63, 3.8) is 0 Å². The van der Waals surface area contributed by atoms with Crippen LogP contribution in [0.3, 0.4) is 0 Å². The van der Waals surface area contributed by atoms with Crippen LogP contribution in [0.5, 0.6) is 0 Å². The smallest absolute Gasteiger partial charge is 0.141 e. The summed E-state index contributed by atoms with van der Waals surface area (Å²) in [5.41, 5.74) is 1.84. The summed E-state index contributed by atoms with van der Waals surface area (Å²) in [5.74, 6) is 0.795. The monoisotopic (exact) mass is 222 g/mol. The molecular weight excluding hydrogens is 212 g/mol. The van der Waals surface area contributed by atoms with Crippen molar-refractivity contribution >= 4 is 22.4 Å². The van der Waals surface area contributed by atoms with Gasteiger partial charge < -0.3 is 5.32 Å². The predicted octanol–water partition coefficient (Wildman–Crippen LogP) is 2.77. The predicted molar refractivity (Wildman–Crippen MR) is 67.1 cm³/mol. The zero-order valence-electron chi connectivity index (χ0n) is 9.04. The molecule has 0 spiro atoms. The molecule has 2 heterocycles. The minimum absolute atomic E-state index is 0.795. The molecule has 0 atom stereocenters. The van der Waals surface area contributed by atoms with Crippen LogP contribution in [0.2, 0.25) is 0 Å². The van der Waals surface area contributed by atoms with Gasteiger partial charge in [0.2, 0.25) is 0 Å². The summed E-state index contributed by atoms with van der Waals surface area (Å²) in [5, 5.41) is 4.23. The first-order chi connectivity index (χ1) is 8.43. The summed E-state index contributed by atoms with van der Waals surface area (Å²) in [6.07, 6.45) is 5.00. The van der Waals surface area contributed by atoms with Gasteiger partial charge in [0, 0.05) is 17.3 Å². The number of fused-ring (bicyclic) bond motifs is 1. The Hall–Kier alpha value is -2.49. The number of hydrogen-bond donors (Lipinski definition) is 1. The van der Waals surface area contributed by atoms with E-state index >= 15 is 0 Å². The summed E-state index contributed by atoms with van der Waals surface area (Å²) in [7, 11) is 0. The van der Waals surface area contributed by atoms with Crippen molar-refractivity contribution in [2.75, 3.05) is 5.32 Å². The zero-order valence-corrected chi connectivity index (χ0v) is 9.04. The standard InChI is InChI=1S/C13H10N4/c1-2-4-10(5-3-1)17-13-11-6-7-14-8-12(11)15-9-16-13/h1-9H,(H,15,16,17). The van der Waals surface area contributed by atoms with Gasteiger partial charge in [0.25, 0.3) is 0 Å². The number of benzene rings is 1. The number of hydrogen-bond acceptors (Lipinski definition) is 4. The molecule has 3 rings (SSSR count). The van der Waals surface area contributed by atoms with Crippen molar-refractivity contribution in [3.8, 4) is 0 Å². The van der Waals surface area contributed by atoms with E-state index in [2.05, 4.69) is 20.3 Å². The van der Waals surface area contributed by atoms with Gasteiger partial charge >= 0.3 is 0 Å². The van der Waals surface area contributed by atoms with Crippen molar-refractivity contribution in [2.45, 2.75) is 0 Å². The van der Waals surface area contributed by atoms with E-state index in [0.29, 0.717) is 0 Å². The van der Waals surface area contributed by atoms with Crippen LogP contribution in [0, 0.1) is 0 Å². The second-order valence-electron chi connectivity index (χ2n) is 3.61. The Kier molecular flexibility index (Phi) is 2.38. The van der Waals surface area contributed by atoms with Crippen LogP contribution >= 0.6 is 0 Å². The molecule has 0 bridgehead atoms. The first-order valence-corrected chi connectivity index (χ1v) is 5.30. The van der Waals surface area contributed by atoms with Crippen molar-refractivity contribution in [2.24, 2.45) is 0 Å². The number of nitrogens with zero attached hydrogens (tertiary/aromatic N) is 3. The molecular formula is C13H10N4. The lowest BCUT2D eigenvalue weighted by Gasteiger charge is -2.07. The maximum atomic E-state index is 4.25. The van der Waals surface area contributed by atoms with Crippen molar-refractivity contribution in [3.05, 3.63) is 55.1 Å². The first kappa shape index (κ1) is 9.72. The maximum absolute atomic E-state index is 4.25. The normalized spacial score (nSPS) is 10.4. The number of pyridine rings is 1. The third kappa shape index (κ3) is 1.92. The van der Waals surface area contributed by atoms with Gasteiger partial charge in [0.15, 0.2) is 0 Å². The molecule has 0 amide bonds. The maximum Gasteiger partial charge on any atom is 0.141 e. The molecule has 0 fully saturated rings. The van der Waals surface area contributed by atoms with Crippen molar-refractivity contribution < 1.29 is 0 Å². The summed E-state index contributed by atoms with van der Waals surface area (Å²) in [6.45, 7) is 0. The lowest BCUT2D eigenvalue weighted by atomic mass is 10.2. The third-order valence-electron chi connectivity index (χ3n) is 2.48. The van der Waals surface area contributed by atoms with Crippen molar-refractivity contribution in [1.82, 2.24) is 15.0 Å². The Morgan fingerprint density at radius 2 is 1.82 bits per heavy atom. The molecule has 2 aromatic heterocycles. The van der Waals surface area contributed by atoms with Crippen LogP contribution in [0.15, 0.2) is 55.1 Å². The minimum Gasteiger partial charge on any atom is -0.340 e. The van der Waals surface area contributed by atoms with E-state index in [1.807, 2.05) is 36.4 Å². The number of anilines is 2. The van der Waals surface area contributed by atoms with Gasteiger partial charge in [0.05, 0.1) is 11.7 Å². The van der Waals surface area contributed by atoms with E-state index in [9.17, 15) is 0 Å². The van der Waals surface area contributed by atoms with E-state index in [-0.39, 0.29) is 0 Å². The minimum atomic E-state index is 0.795. The highest BCUT2D eigenvalue weighted by Crippen LogP contribution is 2.21. The summed E-state index contributed by atoms with van der Waals surface area (Å²) in [6, 6.07) is 11.8. The molecule has 1 N–H and O–H groups in total.